The summed E-state index contributed by atoms with van der Waals surface area (Å²) in [6.45, 7) is 3.36. The van der Waals surface area contributed by atoms with Crippen molar-refractivity contribution in [3.05, 3.63) is 34.9 Å². The first-order valence-corrected chi connectivity index (χ1v) is 6.16. The lowest BCUT2D eigenvalue weighted by Gasteiger charge is -2.36. The SMILES string of the molecule is CCCNC1CC(c2ccc(Cl)cc2)C1. The first-order valence-electron chi connectivity index (χ1n) is 5.78. The third kappa shape index (κ3) is 2.73. The molecule has 1 nitrogen and oxygen atoms in total. The van der Waals surface area contributed by atoms with Crippen LogP contribution in [0.3, 0.4) is 0 Å². The summed E-state index contributed by atoms with van der Waals surface area (Å²) < 4.78 is 0. The minimum atomic E-state index is 0.741. The summed E-state index contributed by atoms with van der Waals surface area (Å²) in [6, 6.07) is 9.03. The predicted octanol–water partition coefficient (Wildman–Crippen LogP) is 3.59. The van der Waals surface area contributed by atoms with Crippen LogP contribution >= 0.6 is 11.6 Å². The Hall–Kier alpha value is -0.530. The molecule has 1 aromatic carbocycles. The lowest BCUT2D eigenvalue weighted by molar-refractivity contribution is 0.292. The Morgan fingerprint density at radius 2 is 1.93 bits per heavy atom. The molecular weight excluding hydrogens is 206 g/mol. The van der Waals surface area contributed by atoms with Crippen molar-refractivity contribution in [1.82, 2.24) is 5.32 Å². The first-order chi connectivity index (χ1) is 7.29. The van der Waals surface area contributed by atoms with Crippen molar-refractivity contribution in [2.75, 3.05) is 6.54 Å². The van der Waals surface area contributed by atoms with E-state index >= 15 is 0 Å². The van der Waals surface area contributed by atoms with Gasteiger partial charge in [0, 0.05) is 11.1 Å². The summed E-state index contributed by atoms with van der Waals surface area (Å²) in [5, 5.41) is 4.39. The fourth-order valence-corrected chi connectivity index (χ4v) is 2.27. The highest BCUT2D eigenvalue weighted by Crippen LogP contribution is 2.37. The highest BCUT2D eigenvalue weighted by Gasteiger charge is 2.29. The van der Waals surface area contributed by atoms with Gasteiger partial charge in [0.1, 0.15) is 0 Å². The molecule has 0 spiro atoms. The van der Waals surface area contributed by atoms with Crippen LogP contribution in [0.25, 0.3) is 0 Å². The van der Waals surface area contributed by atoms with Crippen molar-refractivity contribution in [3.8, 4) is 0 Å². The summed E-state index contributed by atoms with van der Waals surface area (Å²) >= 11 is 5.86. The van der Waals surface area contributed by atoms with E-state index in [2.05, 4.69) is 24.4 Å². The van der Waals surface area contributed by atoms with Gasteiger partial charge in [0.05, 0.1) is 0 Å². The molecule has 0 radical (unpaired) electrons. The second-order valence-corrected chi connectivity index (χ2v) is 4.81. The maximum Gasteiger partial charge on any atom is 0.0406 e. The van der Waals surface area contributed by atoms with Crippen LogP contribution in [-0.4, -0.2) is 12.6 Å². The summed E-state index contributed by atoms with van der Waals surface area (Å²) in [7, 11) is 0. The molecule has 2 rings (SSSR count). The van der Waals surface area contributed by atoms with Gasteiger partial charge in [0.25, 0.3) is 0 Å². The van der Waals surface area contributed by atoms with Gasteiger partial charge < -0.3 is 5.32 Å². The molecule has 0 atom stereocenters. The summed E-state index contributed by atoms with van der Waals surface area (Å²) in [4.78, 5) is 0. The van der Waals surface area contributed by atoms with Gasteiger partial charge in [-0.15, -0.1) is 0 Å². The molecule has 1 saturated carbocycles. The van der Waals surface area contributed by atoms with Gasteiger partial charge in [0.2, 0.25) is 0 Å². The molecule has 1 aromatic rings. The van der Waals surface area contributed by atoms with Gasteiger partial charge in [-0.1, -0.05) is 30.7 Å². The van der Waals surface area contributed by atoms with Crippen molar-refractivity contribution in [2.24, 2.45) is 0 Å². The number of hydrogen-bond acceptors (Lipinski definition) is 1. The highest BCUT2D eigenvalue weighted by atomic mass is 35.5. The Balaban J connectivity index is 1.81. The number of benzene rings is 1. The van der Waals surface area contributed by atoms with Crippen LogP contribution in [0.4, 0.5) is 0 Å². The molecule has 0 amide bonds. The molecule has 1 fully saturated rings. The number of hydrogen-bond donors (Lipinski definition) is 1. The van der Waals surface area contributed by atoms with Gasteiger partial charge in [-0.2, -0.15) is 0 Å². The summed E-state index contributed by atoms with van der Waals surface area (Å²) in [6.07, 6.45) is 3.78. The molecule has 1 aliphatic rings. The average molecular weight is 224 g/mol. The van der Waals surface area contributed by atoms with Crippen LogP contribution in [0.2, 0.25) is 5.02 Å². The van der Waals surface area contributed by atoms with E-state index in [-0.39, 0.29) is 0 Å². The van der Waals surface area contributed by atoms with E-state index in [0.717, 1.165) is 23.5 Å². The molecule has 15 heavy (non-hydrogen) atoms. The van der Waals surface area contributed by atoms with Gasteiger partial charge in [0.15, 0.2) is 0 Å². The van der Waals surface area contributed by atoms with Gasteiger partial charge in [-0.25, -0.2) is 0 Å². The molecule has 0 aliphatic heterocycles. The first kappa shape index (κ1) is 11.0. The average Bonchev–Trinajstić information content (AvgIpc) is 2.18. The maximum atomic E-state index is 5.86. The van der Waals surface area contributed by atoms with E-state index < -0.39 is 0 Å². The predicted molar refractivity (Wildman–Crippen MR) is 65.5 cm³/mol. The molecule has 0 unspecified atom stereocenters. The zero-order valence-electron chi connectivity index (χ0n) is 9.17. The molecule has 2 heteroatoms. The van der Waals surface area contributed by atoms with Crippen LogP contribution in [-0.2, 0) is 0 Å². The minimum absolute atomic E-state index is 0.741. The van der Waals surface area contributed by atoms with Crippen LogP contribution in [0.5, 0.6) is 0 Å². The Morgan fingerprint density at radius 1 is 1.27 bits per heavy atom. The molecule has 1 aliphatic carbocycles. The highest BCUT2D eigenvalue weighted by molar-refractivity contribution is 6.30. The molecule has 1 N–H and O–H groups in total. The lowest BCUT2D eigenvalue weighted by Crippen LogP contribution is -2.40. The van der Waals surface area contributed by atoms with Crippen molar-refractivity contribution < 1.29 is 0 Å². The number of nitrogens with one attached hydrogen (secondary N) is 1. The Kier molecular flexibility index (Phi) is 3.66. The smallest absolute Gasteiger partial charge is 0.0406 e. The van der Waals surface area contributed by atoms with Crippen LogP contribution in [0.15, 0.2) is 24.3 Å². The lowest BCUT2D eigenvalue weighted by atomic mass is 9.76. The number of halogens is 1. The zero-order valence-corrected chi connectivity index (χ0v) is 9.93. The molecule has 0 bridgehead atoms. The van der Waals surface area contributed by atoms with E-state index in [1.807, 2.05) is 12.1 Å². The Bertz CT molecular complexity index is 301. The van der Waals surface area contributed by atoms with Gasteiger partial charge >= 0.3 is 0 Å². The van der Waals surface area contributed by atoms with E-state index in [0.29, 0.717) is 0 Å². The molecule has 0 saturated heterocycles. The van der Waals surface area contributed by atoms with E-state index in [1.54, 1.807) is 0 Å². The third-order valence-electron chi connectivity index (χ3n) is 3.16. The fraction of sp³-hybridized carbons (Fsp3) is 0.538. The van der Waals surface area contributed by atoms with Crippen LogP contribution in [0.1, 0.15) is 37.7 Å². The second-order valence-electron chi connectivity index (χ2n) is 4.37. The quantitative estimate of drug-likeness (QED) is 0.823. The molecule has 0 heterocycles. The fourth-order valence-electron chi connectivity index (χ4n) is 2.14. The monoisotopic (exact) mass is 223 g/mol. The van der Waals surface area contributed by atoms with Crippen molar-refractivity contribution in [1.29, 1.82) is 0 Å². The van der Waals surface area contributed by atoms with Gasteiger partial charge in [-0.3, -0.25) is 0 Å². The molecule has 0 aromatic heterocycles. The van der Waals surface area contributed by atoms with Gasteiger partial charge in [-0.05, 0) is 49.4 Å². The normalized spacial score (nSPS) is 24.9. The van der Waals surface area contributed by atoms with E-state index in [1.165, 1.54) is 24.8 Å². The third-order valence-corrected chi connectivity index (χ3v) is 3.41. The largest absolute Gasteiger partial charge is 0.314 e. The Morgan fingerprint density at radius 3 is 2.53 bits per heavy atom. The maximum absolute atomic E-state index is 5.86. The van der Waals surface area contributed by atoms with Crippen molar-refractivity contribution in [3.63, 3.8) is 0 Å². The summed E-state index contributed by atoms with van der Waals surface area (Å²) in [5.74, 6) is 0.747. The van der Waals surface area contributed by atoms with E-state index in [9.17, 15) is 0 Å². The Labute approximate surface area is 96.8 Å². The van der Waals surface area contributed by atoms with Crippen molar-refractivity contribution in [2.45, 2.75) is 38.1 Å². The second kappa shape index (κ2) is 5.00. The topological polar surface area (TPSA) is 12.0 Å². The number of rotatable bonds is 4. The summed E-state index contributed by atoms with van der Waals surface area (Å²) in [5.41, 5.74) is 1.44. The zero-order chi connectivity index (χ0) is 10.7. The minimum Gasteiger partial charge on any atom is -0.314 e. The molecule has 82 valence electrons. The standard InChI is InChI=1S/C13H18ClN/c1-2-7-15-13-8-11(9-13)10-3-5-12(14)6-4-10/h3-6,11,13,15H,2,7-9H2,1H3. The van der Waals surface area contributed by atoms with E-state index in [4.69, 9.17) is 11.6 Å². The van der Waals surface area contributed by atoms with Crippen LogP contribution in [0, 0.1) is 0 Å². The molecular formula is C13H18ClN. The van der Waals surface area contributed by atoms with Crippen LogP contribution < -0.4 is 5.32 Å². The van der Waals surface area contributed by atoms with Crippen molar-refractivity contribution >= 4 is 11.6 Å².